The van der Waals surface area contributed by atoms with Crippen LogP contribution in [-0.2, 0) is 0 Å². The maximum atomic E-state index is 5.82. The van der Waals surface area contributed by atoms with Crippen LogP contribution in [0.3, 0.4) is 0 Å². The molecule has 0 aliphatic carbocycles. The summed E-state index contributed by atoms with van der Waals surface area (Å²) in [7, 11) is 0. The van der Waals surface area contributed by atoms with Crippen LogP contribution in [0.5, 0.6) is 0 Å². The zero-order valence-corrected chi connectivity index (χ0v) is 8.57. The van der Waals surface area contributed by atoms with Crippen LogP contribution in [0.1, 0.15) is 0 Å². The van der Waals surface area contributed by atoms with Gasteiger partial charge in [-0.1, -0.05) is 29.8 Å². The number of fused-ring (bicyclic) bond motifs is 2. The van der Waals surface area contributed by atoms with Gasteiger partial charge in [-0.05, 0) is 24.3 Å². The Kier molecular flexibility index (Phi) is 1.82. The molecule has 3 rings (SSSR count). The van der Waals surface area contributed by atoms with Crippen LogP contribution in [0.2, 0.25) is 5.15 Å². The number of rotatable bonds is 0. The first kappa shape index (κ1) is 8.62. The van der Waals surface area contributed by atoms with E-state index in [-0.39, 0.29) is 0 Å². The summed E-state index contributed by atoms with van der Waals surface area (Å²) in [6, 6.07) is 13.8. The molecule has 0 radical (unpaired) electrons. The zero-order chi connectivity index (χ0) is 10.3. The lowest BCUT2D eigenvalue weighted by molar-refractivity contribution is 1.32. The molecule has 0 unspecified atom stereocenters. The lowest BCUT2D eigenvalue weighted by Crippen LogP contribution is -1.85. The van der Waals surface area contributed by atoms with E-state index in [1.807, 2.05) is 30.3 Å². The van der Waals surface area contributed by atoms with Crippen molar-refractivity contribution in [3.05, 3.63) is 47.6 Å². The number of nitrogens with zero attached hydrogens (tertiary/aromatic N) is 2. The molecular weight excluding hydrogens is 208 g/mol. The molecule has 15 heavy (non-hydrogen) atoms. The van der Waals surface area contributed by atoms with E-state index in [0.29, 0.717) is 10.8 Å². The molecule has 0 spiro atoms. The zero-order valence-electron chi connectivity index (χ0n) is 7.81. The van der Waals surface area contributed by atoms with Gasteiger partial charge in [0.1, 0.15) is 5.15 Å². The molecule has 0 bridgehead atoms. The maximum Gasteiger partial charge on any atom is 0.161 e. The van der Waals surface area contributed by atoms with E-state index in [9.17, 15) is 0 Å². The second-order valence-corrected chi connectivity index (χ2v) is 3.75. The topological polar surface area (TPSA) is 25.8 Å². The SMILES string of the molecule is Clc1ccc2cc3ccccc3nc2n1. The Balaban J connectivity index is 2.47. The van der Waals surface area contributed by atoms with Crippen LogP contribution in [0.4, 0.5) is 0 Å². The van der Waals surface area contributed by atoms with E-state index in [4.69, 9.17) is 11.6 Å². The summed E-state index contributed by atoms with van der Waals surface area (Å²) in [4.78, 5) is 8.62. The minimum Gasteiger partial charge on any atom is -0.228 e. The largest absolute Gasteiger partial charge is 0.228 e. The van der Waals surface area contributed by atoms with Crippen LogP contribution in [0, 0.1) is 0 Å². The lowest BCUT2D eigenvalue weighted by atomic mass is 10.2. The molecule has 0 atom stereocenters. The summed E-state index contributed by atoms with van der Waals surface area (Å²) in [5.74, 6) is 0. The third-order valence-electron chi connectivity index (χ3n) is 2.35. The van der Waals surface area contributed by atoms with Crippen molar-refractivity contribution < 1.29 is 0 Å². The summed E-state index contributed by atoms with van der Waals surface area (Å²) in [5.41, 5.74) is 1.64. The van der Waals surface area contributed by atoms with Gasteiger partial charge in [-0.15, -0.1) is 0 Å². The van der Waals surface area contributed by atoms with Crippen molar-refractivity contribution in [3.8, 4) is 0 Å². The molecule has 72 valence electrons. The van der Waals surface area contributed by atoms with Gasteiger partial charge < -0.3 is 0 Å². The smallest absolute Gasteiger partial charge is 0.161 e. The Morgan fingerprint density at radius 2 is 1.73 bits per heavy atom. The fourth-order valence-electron chi connectivity index (χ4n) is 1.63. The van der Waals surface area contributed by atoms with Gasteiger partial charge in [-0.2, -0.15) is 0 Å². The number of para-hydroxylation sites is 1. The number of halogens is 1. The molecule has 1 aromatic carbocycles. The maximum absolute atomic E-state index is 5.82. The molecule has 0 amide bonds. The first-order valence-electron chi connectivity index (χ1n) is 4.65. The second-order valence-electron chi connectivity index (χ2n) is 3.36. The highest BCUT2D eigenvalue weighted by Crippen LogP contribution is 2.19. The average Bonchev–Trinajstić information content (AvgIpc) is 2.26. The van der Waals surface area contributed by atoms with Crippen molar-refractivity contribution in [1.82, 2.24) is 9.97 Å². The lowest BCUT2D eigenvalue weighted by Gasteiger charge is -2.00. The summed E-state index contributed by atoms with van der Waals surface area (Å²) in [6.45, 7) is 0. The third-order valence-corrected chi connectivity index (χ3v) is 2.56. The molecule has 0 saturated heterocycles. The molecule has 0 fully saturated rings. The number of hydrogen-bond donors (Lipinski definition) is 0. The van der Waals surface area contributed by atoms with Gasteiger partial charge >= 0.3 is 0 Å². The van der Waals surface area contributed by atoms with Crippen molar-refractivity contribution in [2.45, 2.75) is 0 Å². The number of pyridine rings is 2. The van der Waals surface area contributed by atoms with Crippen molar-refractivity contribution in [2.24, 2.45) is 0 Å². The van der Waals surface area contributed by atoms with Gasteiger partial charge in [0.05, 0.1) is 5.52 Å². The number of hydrogen-bond acceptors (Lipinski definition) is 2. The van der Waals surface area contributed by atoms with E-state index >= 15 is 0 Å². The molecule has 2 heterocycles. The van der Waals surface area contributed by atoms with Crippen molar-refractivity contribution in [2.75, 3.05) is 0 Å². The van der Waals surface area contributed by atoms with Crippen molar-refractivity contribution in [3.63, 3.8) is 0 Å². The summed E-state index contributed by atoms with van der Waals surface area (Å²) in [5, 5.41) is 2.61. The first-order chi connectivity index (χ1) is 7.33. The molecule has 0 aliphatic rings. The van der Waals surface area contributed by atoms with E-state index in [0.717, 1.165) is 16.3 Å². The second kappa shape index (κ2) is 3.17. The summed E-state index contributed by atoms with van der Waals surface area (Å²) >= 11 is 5.82. The Labute approximate surface area is 91.5 Å². The Hall–Kier alpha value is -1.67. The normalized spacial score (nSPS) is 11.0. The van der Waals surface area contributed by atoms with Crippen molar-refractivity contribution >= 4 is 33.5 Å². The number of aromatic nitrogens is 2. The highest BCUT2D eigenvalue weighted by atomic mass is 35.5. The van der Waals surface area contributed by atoms with Crippen LogP contribution in [-0.4, -0.2) is 9.97 Å². The summed E-state index contributed by atoms with van der Waals surface area (Å²) in [6.07, 6.45) is 0. The van der Waals surface area contributed by atoms with Crippen LogP contribution < -0.4 is 0 Å². The van der Waals surface area contributed by atoms with E-state index in [2.05, 4.69) is 16.0 Å². The van der Waals surface area contributed by atoms with Gasteiger partial charge in [0.25, 0.3) is 0 Å². The van der Waals surface area contributed by atoms with Gasteiger partial charge in [-0.3, -0.25) is 0 Å². The standard InChI is InChI=1S/C12H7ClN2/c13-11-6-5-9-7-8-3-1-2-4-10(8)14-12(9)15-11/h1-7H. The van der Waals surface area contributed by atoms with Crippen molar-refractivity contribution in [1.29, 1.82) is 0 Å². The third kappa shape index (κ3) is 1.43. The Bertz CT molecular complexity index is 649. The van der Waals surface area contributed by atoms with E-state index < -0.39 is 0 Å². The van der Waals surface area contributed by atoms with Crippen LogP contribution >= 0.6 is 11.6 Å². The molecule has 0 N–H and O–H groups in total. The Morgan fingerprint density at radius 3 is 2.67 bits per heavy atom. The predicted octanol–water partition coefficient (Wildman–Crippen LogP) is 3.44. The highest BCUT2D eigenvalue weighted by molar-refractivity contribution is 6.29. The van der Waals surface area contributed by atoms with E-state index in [1.54, 1.807) is 6.07 Å². The first-order valence-corrected chi connectivity index (χ1v) is 5.03. The van der Waals surface area contributed by atoms with Gasteiger partial charge in [-0.25, -0.2) is 9.97 Å². The van der Waals surface area contributed by atoms with E-state index in [1.165, 1.54) is 0 Å². The quantitative estimate of drug-likeness (QED) is 0.423. The van der Waals surface area contributed by atoms with Crippen LogP contribution in [0.15, 0.2) is 42.5 Å². The average molecular weight is 215 g/mol. The highest BCUT2D eigenvalue weighted by Gasteiger charge is 2.00. The Morgan fingerprint density at radius 1 is 0.867 bits per heavy atom. The molecule has 3 heteroatoms. The molecule has 2 nitrogen and oxygen atoms in total. The monoisotopic (exact) mass is 214 g/mol. The van der Waals surface area contributed by atoms with Gasteiger partial charge in [0, 0.05) is 10.8 Å². The molecule has 0 aliphatic heterocycles. The molecule has 3 aromatic rings. The van der Waals surface area contributed by atoms with Gasteiger partial charge in [0.2, 0.25) is 0 Å². The van der Waals surface area contributed by atoms with Gasteiger partial charge in [0.15, 0.2) is 5.65 Å². The summed E-state index contributed by atoms with van der Waals surface area (Å²) < 4.78 is 0. The predicted molar refractivity (Wildman–Crippen MR) is 62.1 cm³/mol. The molecule has 0 saturated carbocycles. The fourth-order valence-corrected chi connectivity index (χ4v) is 1.77. The number of benzene rings is 1. The van der Waals surface area contributed by atoms with Crippen LogP contribution in [0.25, 0.3) is 21.9 Å². The minimum absolute atomic E-state index is 0.477. The molecule has 2 aromatic heterocycles. The fraction of sp³-hybridized carbons (Fsp3) is 0. The molecular formula is C12H7ClN2. The minimum atomic E-state index is 0.477.